The first kappa shape index (κ1) is 15.1. The van der Waals surface area contributed by atoms with E-state index in [1.165, 1.54) is 0 Å². The van der Waals surface area contributed by atoms with Crippen molar-refractivity contribution in [3.63, 3.8) is 0 Å². The van der Waals surface area contributed by atoms with E-state index < -0.39 is 17.8 Å². The number of nitrogens with one attached hydrogen (secondary N) is 1. The molecule has 21 heavy (non-hydrogen) atoms. The lowest BCUT2D eigenvalue weighted by Crippen LogP contribution is -2.12. The molecular formula is C14H15F3N4. The average molecular weight is 296 g/mol. The summed E-state index contributed by atoms with van der Waals surface area (Å²) in [6, 6.07) is 8.19. The zero-order valence-corrected chi connectivity index (χ0v) is 11.6. The van der Waals surface area contributed by atoms with E-state index in [9.17, 15) is 13.2 Å². The Morgan fingerprint density at radius 2 is 1.71 bits per heavy atom. The number of aromatic nitrogens is 2. The summed E-state index contributed by atoms with van der Waals surface area (Å²) in [5.41, 5.74) is 6.01. The standard InChI is InChI=1S/C14H15F3N4/c1-8(2)9-3-5-10(6-4-9)19-12-7-11(14(15,16)17)20-13(18)21-12/h3-8H,1-2H3,(H3,18,19,20,21). The molecule has 2 rings (SSSR count). The Kier molecular flexibility index (Phi) is 4.02. The molecule has 0 saturated heterocycles. The second-order valence-electron chi connectivity index (χ2n) is 4.90. The van der Waals surface area contributed by atoms with Crippen LogP contribution in [0.5, 0.6) is 0 Å². The van der Waals surface area contributed by atoms with Gasteiger partial charge in [0.05, 0.1) is 0 Å². The van der Waals surface area contributed by atoms with Crippen molar-refractivity contribution in [1.29, 1.82) is 0 Å². The summed E-state index contributed by atoms with van der Waals surface area (Å²) < 4.78 is 38.0. The fourth-order valence-electron chi connectivity index (χ4n) is 1.77. The van der Waals surface area contributed by atoms with Gasteiger partial charge in [0, 0.05) is 11.8 Å². The molecule has 0 aliphatic carbocycles. The van der Waals surface area contributed by atoms with E-state index in [1.54, 1.807) is 12.1 Å². The van der Waals surface area contributed by atoms with E-state index in [1.807, 2.05) is 12.1 Å². The van der Waals surface area contributed by atoms with E-state index in [4.69, 9.17) is 5.73 Å². The van der Waals surface area contributed by atoms with Gasteiger partial charge in [-0.05, 0) is 23.6 Å². The molecule has 3 N–H and O–H groups in total. The van der Waals surface area contributed by atoms with Crippen LogP contribution in [-0.4, -0.2) is 9.97 Å². The van der Waals surface area contributed by atoms with Crippen molar-refractivity contribution in [2.24, 2.45) is 0 Å². The molecule has 112 valence electrons. The van der Waals surface area contributed by atoms with Crippen molar-refractivity contribution in [3.05, 3.63) is 41.6 Å². The smallest absolute Gasteiger partial charge is 0.368 e. The van der Waals surface area contributed by atoms with E-state index in [0.717, 1.165) is 11.6 Å². The third-order valence-electron chi connectivity index (χ3n) is 2.88. The number of anilines is 3. The van der Waals surface area contributed by atoms with Crippen LogP contribution in [0.4, 0.5) is 30.6 Å². The molecule has 0 fully saturated rings. The SMILES string of the molecule is CC(C)c1ccc(Nc2cc(C(F)(F)F)nc(N)n2)cc1. The molecule has 0 aliphatic heterocycles. The summed E-state index contributed by atoms with van der Waals surface area (Å²) in [5, 5.41) is 2.79. The summed E-state index contributed by atoms with van der Waals surface area (Å²) in [6.45, 7) is 4.12. The summed E-state index contributed by atoms with van der Waals surface area (Å²) in [4.78, 5) is 6.94. The Hall–Kier alpha value is -2.31. The first-order chi connectivity index (χ1) is 9.75. The first-order valence-corrected chi connectivity index (χ1v) is 6.34. The minimum Gasteiger partial charge on any atom is -0.368 e. The van der Waals surface area contributed by atoms with Gasteiger partial charge in [-0.15, -0.1) is 0 Å². The lowest BCUT2D eigenvalue weighted by molar-refractivity contribution is -0.141. The molecule has 0 aliphatic rings. The molecule has 2 aromatic rings. The lowest BCUT2D eigenvalue weighted by Gasteiger charge is -2.11. The van der Waals surface area contributed by atoms with Crippen molar-refractivity contribution in [1.82, 2.24) is 9.97 Å². The zero-order valence-electron chi connectivity index (χ0n) is 11.6. The number of nitrogens with zero attached hydrogens (tertiary/aromatic N) is 2. The molecular weight excluding hydrogens is 281 g/mol. The Labute approximate surface area is 120 Å². The Bertz CT molecular complexity index is 621. The second-order valence-corrected chi connectivity index (χ2v) is 4.90. The van der Waals surface area contributed by atoms with Crippen LogP contribution in [0.2, 0.25) is 0 Å². The highest BCUT2D eigenvalue weighted by Gasteiger charge is 2.33. The van der Waals surface area contributed by atoms with Gasteiger partial charge in [0.2, 0.25) is 5.95 Å². The molecule has 0 unspecified atom stereocenters. The number of nitrogens with two attached hydrogens (primary N) is 1. The molecule has 7 heteroatoms. The molecule has 0 atom stereocenters. The predicted octanol–water partition coefficient (Wildman–Crippen LogP) is 3.94. The number of benzene rings is 1. The molecule has 0 bridgehead atoms. The minimum absolute atomic E-state index is 0.00659. The highest BCUT2D eigenvalue weighted by Crippen LogP contribution is 2.30. The monoisotopic (exact) mass is 296 g/mol. The average Bonchev–Trinajstić information content (AvgIpc) is 2.37. The Balaban J connectivity index is 2.25. The zero-order chi connectivity index (χ0) is 15.6. The van der Waals surface area contributed by atoms with Gasteiger partial charge in [-0.2, -0.15) is 18.2 Å². The maximum absolute atomic E-state index is 12.7. The van der Waals surface area contributed by atoms with Gasteiger partial charge < -0.3 is 11.1 Å². The normalized spacial score (nSPS) is 11.7. The summed E-state index contributed by atoms with van der Waals surface area (Å²) in [5.74, 6) is -0.0381. The van der Waals surface area contributed by atoms with Crippen LogP contribution in [0.15, 0.2) is 30.3 Å². The molecule has 0 saturated carbocycles. The third-order valence-corrected chi connectivity index (χ3v) is 2.88. The number of halogens is 3. The van der Waals surface area contributed by atoms with Gasteiger partial charge in [0.25, 0.3) is 0 Å². The molecule has 1 aromatic carbocycles. The van der Waals surface area contributed by atoms with E-state index in [2.05, 4.69) is 29.1 Å². The van der Waals surface area contributed by atoms with Crippen molar-refractivity contribution >= 4 is 17.5 Å². The van der Waals surface area contributed by atoms with E-state index in [-0.39, 0.29) is 5.82 Å². The number of nitrogen functional groups attached to an aromatic ring is 1. The Morgan fingerprint density at radius 1 is 1.10 bits per heavy atom. The van der Waals surface area contributed by atoms with E-state index in [0.29, 0.717) is 11.6 Å². The second kappa shape index (κ2) is 5.59. The van der Waals surface area contributed by atoms with Gasteiger partial charge in [0.1, 0.15) is 5.82 Å². The van der Waals surface area contributed by atoms with Crippen LogP contribution >= 0.6 is 0 Å². The third kappa shape index (κ3) is 3.84. The maximum atomic E-state index is 12.7. The van der Waals surface area contributed by atoms with Crippen molar-refractivity contribution < 1.29 is 13.2 Å². The van der Waals surface area contributed by atoms with Crippen molar-refractivity contribution in [3.8, 4) is 0 Å². The topological polar surface area (TPSA) is 63.8 Å². The van der Waals surface area contributed by atoms with Crippen LogP contribution in [0.3, 0.4) is 0 Å². The van der Waals surface area contributed by atoms with Crippen molar-refractivity contribution in [2.45, 2.75) is 25.9 Å². The van der Waals surface area contributed by atoms with Gasteiger partial charge in [-0.1, -0.05) is 26.0 Å². The number of rotatable bonds is 3. The van der Waals surface area contributed by atoms with Gasteiger partial charge in [0.15, 0.2) is 5.69 Å². The summed E-state index contributed by atoms with van der Waals surface area (Å²) >= 11 is 0. The van der Waals surface area contributed by atoms with Crippen molar-refractivity contribution in [2.75, 3.05) is 11.1 Å². The predicted molar refractivity (Wildman–Crippen MR) is 75.3 cm³/mol. The maximum Gasteiger partial charge on any atom is 0.433 e. The van der Waals surface area contributed by atoms with Crippen LogP contribution in [0.25, 0.3) is 0 Å². The highest BCUT2D eigenvalue weighted by atomic mass is 19.4. The van der Waals surface area contributed by atoms with Crippen LogP contribution in [0.1, 0.15) is 31.0 Å². The first-order valence-electron chi connectivity index (χ1n) is 6.34. The highest BCUT2D eigenvalue weighted by molar-refractivity contribution is 5.58. The number of hydrogen-bond acceptors (Lipinski definition) is 4. The molecule has 1 aromatic heterocycles. The van der Waals surface area contributed by atoms with E-state index >= 15 is 0 Å². The quantitative estimate of drug-likeness (QED) is 0.900. The molecule has 1 heterocycles. The lowest BCUT2D eigenvalue weighted by atomic mass is 10.0. The summed E-state index contributed by atoms with van der Waals surface area (Å²) in [6.07, 6.45) is -4.56. The van der Waals surface area contributed by atoms with Gasteiger partial charge >= 0.3 is 6.18 Å². The van der Waals surface area contributed by atoms with Crippen LogP contribution in [-0.2, 0) is 6.18 Å². The van der Waals surface area contributed by atoms with Crippen LogP contribution in [0, 0.1) is 0 Å². The van der Waals surface area contributed by atoms with Gasteiger partial charge in [-0.3, -0.25) is 0 Å². The molecule has 4 nitrogen and oxygen atoms in total. The number of alkyl halides is 3. The molecule has 0 spiro atoms. The van der Waals surface area contributed by atoms with Crippen LogP contribution < -0.4 is 11.1 Å². The van der Waals surface area contributed by atoms with Gasteiger partial charge in [-0.25, -0.2) is 4.98 Å². The molecule has 0 radical (unpaired) electrons. The number of hydrogen-bond donors (Lipinski definition) is 2. The Morgan fingerprint density at radius 3 is 2.24 bits per heavy atom. The fraction of sp³-hybridized carbons (Fsp3) is 0.286. The largest absolute Gasteiger partial charge is 0.433 e. The molecule has 0 amide bonds. The summed E-state index contributed by atoms with van der Waals surface area (Å²) in [7, 11) is 0. The fourth-order valence-corrected chi connectivity index (χ4v) is 1.77. The minimum atomic E-state index is -4.56.